The van der Waals surface area contributed by atoms with Gasteiger partial charge in [-0.25, -0.2) is 4.98 Å². The normalized spacial score (nSPS) is 41.8. The van der Waals surface area contributed by atoms with Crippen LogP contribution in [0.3, 0.4) is 0 Å². The minimum Gasteiger partial charge on any atom is -0.304 e. The van der Waals surface area contributed by atoms with Crippen molar-refractivity contribution in [1.29, 1.82) is 0 Å². The monoisotopic (exact) mass is 274 g/mol. The number of nitrogens with zero attached hydrogens (tertiary/aromatic N) is 2. The second-order valence-corrected chi connectivity index (χ2v) is 7.76. The predicted octanol–water partition coefficient (Wildman–Crippen LogP) is 3.06. The molecule has 1 aromatic rings. The fourth-order valence-corrected chi connectivity index (χ4v) is 5.76. The summed E-state index contributed by atoms with van der Waals surface area (Å²) in [4.78, 5) is 4.29. The van der Waals surface area contributed by atoms with Crippen molar-refractivity contribution in [2.24, 2.45) is 23.2 Å². The molecule has 2 N–H and O–H groups in total. The van der Waals surface area contributed by atoms with Crippen LogP contribution >= 0.6 is 0 Å². The largest absolute Gasteiger partial charge is 0.304 e. The lowest BCUT2D eigenvalue weighted by molar-refractivity contribution is -0.0720. The van der Waals surface area contributed by atoms with Crippen LogP contribution in [0.1, 0.15) is 64.2 Å². The van der Waals surface area contributed by atoms with Crippen LogP contribution in [0.15, 0.2) is 6.33 Å². The Hall–Kier alpha value is -0.900. The van der Waals surface area contributed by atoms with Gasteiger partial charge in [-0.2, -0.15) is 5.10 Å². The lowest BCUT2D eigenvalue weighted by Crippen LogP contribution is -2.55. The van der Waals surface area contributed by atoms with Crippen LogP contribution in [0.5, 0.6) is 0 Å². The molecule has 0 aliphatic heterocycles. The highest BCUT2D eigenvalue weighted by Crippen LogP contribution is 2.61. The van der Waals surface area contributed by atoms with Crippen molar-refractivity contribution in [2.75, 3.05) is 0 Å². The molecule has 5 rings (SSSR count). The van der Waals surface area contributed by atoms with E-state index in [1.807, 2.05) is 0 Å². The van der Waals surface area contributed by atoms with Gasteiger partial charge in [-0.15, -0.1) is 0 Å². The van der Waals surface area contributed by atoms with Gasteiger partial charge in [-0.3, -0.25) is 5.10 Å². The maximum Gasteiger partial charge on any atom is 0.141 e. The highest BCUT2D eigenvalue weighted by Gasteiger charge is 2.53. The minimum absolute atomic E-state index is 0.264. The molecule has 4 heteroatoms. The summed E-state index contributed by atoms with van der Waals surface area (Å²) >= 11 is 0. The van der Waals surface area contributed by atoms with E-state index in [1.54, 1.807) is 6.33 Å². The minimum atomic E-state index is 0.264. The molecular formula is C16H26N4. The number of aromatic amines is 1. The molecule has 4 fully saturated rings. The van der Waals surface area contributed by atoms with Crippen LogP contribution in [0.2, 0.25) is 0 Å². The van der Waals surface area contributed by atoms with Crippen molar-refractivity contribution in [2.45, 2.75) is 64.5 Å². The summed E-state index contributed by atoms with van der Waals surface area (Å²) in [5, 5.41) is 10.8. The van der Waals surface area contributed by atoms with E-state index < -0.39 is 0 Å². The number of aromatic nitrogens is 3. The smallest absolute Gasteiger partial charge is 0.141 e. The Balaban J connectivity index is 1.49. The van der Waals surface area contributed by atoms with E-state index in [1.165, 1.54) is 38.5 Å². The number of hydrogen-bond donors (Lipinski definition) is 2. The summed E-state index contributed by atoms with van der Waals surface area (Å²) < 4.78 is 0. The molecule has 4 saturated carbocycles. The van der Waals surface area contributed by atoms with Crippen LogP contribution in [0, 0.1) is 23.2 Å². The topological polar surface area (TPSA) is 53.6 Å². The average molecular weight is 274 g/mol. The van der Waals surface area contributed by atoms with Crippen LogP contribution in [0.25, 0.3) is 0 Å². The molecule has 0 saturated heterocycles. The molecule has 0 spiro atoms. The predicted molar refractivity (Wildman–Crippen MR) is 78.0 cm³/mol. The third kappa shape index (κ3) is 2.00. The first-order chi connectivity index (χ1) is 9.64. The van der Waals surface area contributed by atoms with E-state index in [0.717, 1.165) is 23.6 Å². The second-order valence-electron chi connectivity index (χ2n) is 7.76. The Labute approximate surface area is 121 Å². The average Bonchev–Trinajstić information content (AvgIpc) is 2.90. The molecule has 4 bridgehead atoms. The van der Waals surface area contributed by atoms with Gasteiger partial charge in [0.2, 0.25) is 0 Å². The lowest BCUT2D eigenvalue weighted by atomic mass is 9.48. The summed E-state index contributed by atoms with van der Waals surface area (Å²) in [7, 11) is 0. The van der Waals surface area contributed by atoms with Gasteiger partial charge in [0.15, 0.2) is 0 Å². The number of H-pyrrole nitrogens is 1. The van der Waals surface area contributed by atoms with Crippen molar-refractivity contribution in [3.05, 3.63) is 12.2 Å². The molecule has 2 atom stereocenters. The van der Waals surface area contributed by atoms with Crippen LogP contribution in [-0.2, 0) is 0 Å². The Morgan fingerprint density at radius 2 is 1.75 bits per heavy atom. The number of rotatable bonds is 4. The summed E-state index contributed by atoms with van der Waals surface area (Å²) in [5.74, 6) is 4.02. The van der Waals surface area contributed by atoms with Crippen molar-refractivity contribution in [1.82, 2.24) is 20.5 Å². The Morgan fingerprint density at radius 3 is 2.25 bits per heavy atom. The fourth-order valence-electron chi connectivity index (χ4n) is 5.76. The van der Waals surface area contributed by atoms with E-state index >= 15 is 0 Å². The maximum atomic E-state index is 4.29. The molecule has 4 aliphatic carbocycles. The molecule has 1 heterocycles. The molecule has 4 nitrogen and oxygen atoms in total. The van der Waals surface area contributed by atoms with Gasteiger partial charge in [0.25, 0.3) is 0 Å². The maximum absolute atomic E-state index is 4.29. The molecule has 1 aromatic heterocycles. The second kappa shape index (κ2) is 4.55. The van der Waals surface area contributed by atoms with Gasteiger partial charge in [-0.05, 0) is 75.5 Å². The highest BCUT2D eigenvalue weighted by atomic mass is 15.2. The molecule has 110 valence electrons. The van der Waals surface area contributed by atoms with E-state index in [9.17, 15) is 0 Å². The lowest BCUT2D eigenvalue weighted by Gasteiger charge is -2.59. The number of hydrogen-bond acceptors (Lipinski definition) is 3. The summed E-state index contributed by atoms with van der Waals surface area (Å²) in [5.41, 5.74) is 0.559. The van der Waals surface area contributed by atoms with E-state index in [-0.39, 0.29) is 6.04 Å². The first-order valence-corrected chi connectivity index (χ1v) is 8.26. The first kappa shape index (κ1) is 12.8. The van der Waals surface area contributed by atoms with Gasteiger partial charge < -0.3 is 5.32 Å². The molecular weight excluding hydrogens is 248 g/mol. The third-order valence-electron chi connectivity index (χ3n) is 6.35. The van der Waals surface area contributed by atoms with Crippen molar-refractivity contribution < 1.29 is 0 Å². The van der Waals surface area contributed by atoms with Crippen LogP contribution in [-0.4, -0.2) is 21.2 Å². The van der Waals surface area contributed by atoms with E-state index in [0.29, 0.717) is 11.5 Å². The van der Waals surface area contributed by atoms with Gasteiger partial charge in [0.1, 0.15) is 12.2 Å². The van der Waals surface area contributed by atoms with Gasteiger partial charge in [-0.1, -0.05) is 0 Å². The molecule has 20 heavy (non-hydrogen) atoms. The molecule has 2 unspecified atom stereocenters. The summed E-state index contributed by atoms with van der Waals surface area (Å²) in [6.45, 7) is 4.59. The van der Waals surface area contributed by atoms with E-state index in [2.05, 4.69) is 34.3 Å². The van der Waals surface area contributed by atoms with Crippen molar-refractivity contribution in [3.8, 4) is 0 Å². The highest BCUT2D eigenvalue weighted by molar-refractivity contribution is 5.06. The Kier molecular flexibility index (Phi) is 2.92. The SMILES string of the molecule is CC(NC(C)C12CC3CC(CC(C3)C1)C2)c1ncn[nH]1. The van der Waals surface area contributed by atoms with E-state index in [4.69, 9.17) is 0 Å². The van der Waals surface area contributed by atoms with Gasteiger partial charge in [0, 0.05) is 6.04 Å². The Bertz CT molecular complexity index is 432. The van der Waals surface area contributed by atoms with Crippen molar-refractivity contribution in [3.63, 3.8) is 0 Å². The molecule has 0 aromatic carbocycles. The zero-order chi connectivity index (χ0) is 13.7. The number of nitrogens with one attached hydrogen (secondary N) is 2. The standard InChI is InChI=1S/C16H26N4/c1-10(15-17-9-18-20-15)19-11(2)16-6-12-3-13(7-16)5-14(4-12)8-16/h9-14,19H,3-8H2,1-2H3,(H,17,18,20). The first-order valence-electron chi connectivity index (χ1n) is 8.26. The van der Waals surface area contributed by atoms with Gasteiger partial charge >= 0.3 is 0 Å². The molecule has 0 radical (unpaired) electrons. The Morgan fingerprint density at radius 1 is 1.15 bits per heavy atom. The van der Waals surface area contributed by atoms with Crippen LogP contribution in [0.4, 0.5) is 0 Å². The van der Waals surface area contributed by atoms with Gasteiger partial charge in [0.05, 0.1) is 6.04 Å². The zero-order valence-corrected chi connectivity index (χ0v) is 12.6. The zero-order valence-electron chi connectivity index (χ0n) is 12.6. The summed E-state index contributed by atoms with van der Waals surface area (Å²) in [6.07, 6.45) is 10.5. The summed E-state index contributed by atoms with van der Waals surface area (Å²) in [6, 6.07) is 0.844. The van der Waals surface area contributed by atoms with Crippen LogP contribution < -0.4 is 5.32 Å². The van der Waals surface area contributed by atoms with Crippen molar-refractivity contribution >= 4 is 0 Å². The quantitative estimate of drug-likeness (QED) is 0.887. The third-order valence-corrected chi connectivity index (χ3v) is 6.35. The molecule has 4 aliphatic rings. The molecule has 0 amide bonds. The fraction of sp³-hybridized carbons (Fsp3) is 0.875.